The monoisotopic (exact) mass is 494 g/mol. The lowest BCUT2D eigenvalue weighted by atomic mass is 9.97. The molecule has 2 aromatic carbocycles. The highest BCUT2D eigenvalue weighted by atomic mass is 19.4. The van der Waals surface area contributed by atoms with Crippen molar-refractivity contribution in [2.45, 2.75) is 19.3 Å². The molecule has 11 heteroatoms. The molecular formula is C25H17F3N4O4. The molecule has 1 aliphatic heterocycles. The number of benzene rings is 2. The molecule has 0 aliphatic carbocycles. The highest BCUT2D eigenvalue weighted by molar-refractivity contribution is 5.95. The first-order valence-corrected chi connectivity index (χ1v) is 10.7. The standard InChI is InChI=1S/C25H17F3N4O4/c26-25(27,28)21-20(24(34)35)31-22(32-21)14-3-1-2-13(8-14)10-30-23(33)15-4-5-18-17-6-7-29-11-16(17)12-36-19(18)9-15/h1-9,11H,10,12H2,(H,30,33)(H,31,32)(H,34,35). The SMILES string of the molecule is O=C(NCc1cccc(-c2nc(C(=O)O)c(C(F)(F)F)[nH]2)c1)c1ccc2c(c1)OCc1cnccc1-2. The van der Waals surface area contributed by atoms with Gasteiger partial charge in [-0.25, -0.2) is 9.78 Å². The number of rotatable bonds is 5. The number of carbonyl (C=O) groups excluding carboxylic acids is 1. The van der Waals surface area contributed by atoms with Crippen molar-refractivity contribution < 1.29 is 32.6 Å². The van der Waals surface area contributed by atoms with Gasteiger partial charge in [-0.15, -0.1) is 0 Å². The zero-order valence-electron chi connectivity index (χ0n) is 18.4. The smallest absolute Gasteiger partial charge is 0.433 e. The predicted octanol–water partition coefficient (Wildman–Crippen LogP) is 4.68. The van der Waals surface area contributed by atoms with Gasteiger partial charge in [0, 0.05) is 41.2 Å². The Morgan fingerprint density at radius 1 is 1.11 bits per heavy atom. The normalized spacial score (nSPS) is 12.3. The number of carboxylic acids is 1. The molecule has 36 heavy (non-hydrogen) atoms. The molecule has 2 aromatic heterocycles. The molecule has 0 saturated carbocycles. The number of ether oxygens (including phenoxy) is 1. The van der Waals surface area contributed by atoms with Crippen LogP contribution in [0.1, 0.15) is 37.7 Å². The summed E-state index contributed by atoms with van der Waals surface area (Å²) in [4.78, 5) is 33.7. The third-order valence-electron chi connectivity index (χ3n) is 5.66. The number of aromatic amines is 1. The maximum atomic E-state index is 13.2. The van der Waals surface area contributed by atoms with Gasteiger partial charge >= 0.3 is 12.1 Å². The van der Waals surface area contributed by atoms with Crippen molar-refractivity contribution in [2.24, 2.45) is 0 Å². The number of alkyl halides is 3. The molecule has 4 aromatic rings. The Balaban J connectivity index is 1.32. The zero-order chi connectivity index (χ0) is 25.4. The maximum absolute atomic E-state index is 13.2. The van der Waals surface area contributed by atoms with E-state index in [4.69, 9.17) is 9.84 Å². The molecule has 3 heterocycles. The molecule has 0 radical (unpaired) electrons. The van der Waals surface area contributed by atoms with Crippen LogP contribution in [-0.4, -0.2) is 31.9 Å². The molecule has 8 nitrogen and oxygen atoms in total. The fourth-order valence-corrected chi connectivity index (χ4v) is 3.95. The Morgan fingerprint density at radius 2 is 1.94 bits per heavy atom. The summed E-state index contributed by atoms with van der Waals surface area (Å²) in [7, 11) is 0. The van der Waals surface area contributed by atoms with Gasteiger partial charge in [0.15, 0.2) is 11.4 Å². The summed E-state index contributed by atoms with van der Waals surface area (Å²) < 4.78 is 45.3. The molecule has 0 spiro atoms. The van der Waals surface area contributed by atoms with Crippen LogP contribution in [0.2, 0.25) is 0 Å². The Labute approximate surface area is 201 Å². The van der Waals surface area contributed by atoms with Gasteiger partial charge in [-0.05, 0) is 41.5 Å². The Bertz CT molecular complexity index is 1500. The van der Waals surface area contributed by atoms with Crippen LogP contribution in [0, 0.1) is 0 Å². The zero-order valence-corrected chi connectivity index (χ0v) is 18.4. The van der Waals surface area contributed by atoms with Crippen LogP contribution in [0.25, 0.3) is 22.5 Å². The summed E-state index contributed by atoms with van der Waals surface area (Å²) in [6.07, 6.45) is -1.47. The minimum absolute atomic E-state index is 0.0811. The molecule has 5 rings (SSSR count). The van der Waals surface area contributed by atoms with Crippen molar-refractivity contribution in [3.8, 4) is 28.3 Å². The first-order valence-electron chi connectivity index (χ1n) is 10.7. The molecule has 0 atom stereocenters. The Kier molecular flexibility index (Phi) is 5.67. The van der Waals surface area contributed by atoms with Gasteiger partial charge in [0.2, 0.25) is 0 Å². The lowest BCUT2D eigenvalue weighted by Crippen LogP contribution is -2.23. The van der Waals surface area contributed by atoms with E-state index in [-0.39, 0.29) is 23.8 Å². The Morgan fingerprint density at radius 3 is 2.69 bits per heavy atom. The van der Waals surface area contributed by atoms with Crippen LogP contribution in [0.5, 0.6) is 5.75 Å². The van der Waals surface area contributed by atoms with E-state index >= 15 is 0 Å². The molecule has 0 bridgehead atoms. The molecular weight excluding hydrogens is 477 g/mol. The van der Waals surface area contributed by atoms with E-state index in [1.165, 1.54) is 12.1 Å². The molecule has 1 aliphatic rings. The van der Waals surface area contributed by atoms with Gasteiger partial charge < -0.3 is 20.1 Å². The summed E-state index contributed by atoms with van der Waals surface area (Å²) in [5.74, 6) is -1.81. The van der Waals surface area contributed by atoms with E-state index < -0.39 is 23.5 Å². The lowest BCUT2D eigenvalue weighted by molar-refractivity contribution is -0.141. The predicted molar refractivity (Wildman–Crippen MR) is 121 cm³/mol. The second-order valence-electron chi connectivity index (χ2n) is 8.03. The molecule has 0 saturated heterocycles. The number of imidazole rings is 1. The fraction of sp³-hybridized carbons (Fsp3) is 0.120. The van der Waals surface area contributed by atoms with E-state index in [1.54, 1.807) is 42.7 Å². The van der Waals surface area contributed by atoms with Crippen LogP contribution in [-0.2, 0) is 19.3 Å². The van der Waals surface area contributed by atoms with Crippen molar-refractivity contribution in [3.05, 3.63) is 89.0 Å². The van der Waals surface area contributed by atoms with Gasteiger partial charge in [0.25, 0.3) is 5.91 Å². The van der Waals surface area contributed by atoms with Gasteiger partial charge in [0.1, 0.15) is 18.2 Å². The number of nitrogens with one attached hydrogen (secondary N) is 2. The van der Waals surface area contributed by atoms with E-state index in [2.05, 4.69) is 20.3 Å². The van der Waals surface area contributed by atoms with Crippen molar-refractivity contribution in [1.82, 2.24) is 20.3 Å². The highest BCUT2D eigenvalue weighted by Gasteiger charge is 2.39. The van der Waals surface area contributed by atoms with Crippen LogP contribution in [0.4, 0.5) is 13.2 Å². The second-order valence-corrected chi connectivity index (χ2v) is 8.03. The minimum Gasteiger partial charge on any atom is -0.488 e. The van der Waals surface area contributed by atoms with Crippen molar-refractivity contribution in [3.63, 3.8) is 0 Å². The summed E-state index contributed by atoms with van der Waals surface area (Å²) >= 11 is 0. The van der Waals surface area contributed by atoms with Crippen LogP contribution < -0.4 is 10.1 Å². The number of halogens is 3. The number of pyridine rings is 1. The number of fused-ring (bicyclic) bond motifs is 3. The first-order chi connectivity index (χ1) is 17.2. The number of hydrogen-bond acceptors (Lipinski definition) is 5. The maximum Gasteiger partial charge on any atom is 0.433 e. The molecule has 0 unspecified atom stereocenters. The minimum atomic E-state index is -4.90. The third-order valence-corrected chi connectivity index (χ3v) is 5.66. The molecule has 3 N–H and O–H groups in total. The van der Waals surface area contributed by atoms with Crippen molar-refractivity contribution >= 4 is 11.9 Å². The number of amides is 1. The third kappa shape index (κ3) is 4.38. The number of aromatic carboxylic acids is 1. The van der Waals surface area contributed by atoms with Gasteiger partial charge in [-0.1, -0.05) is 18.2 Å². The summed E-state index contributed by atoms with van der Waals surface area (Å²) in [6, 6.07) is 13.3. The Hall–Kier alpha value is -4.67. The number of aromatic nitrogens is 3. The number of hydrogen-bond donors (Lipinski definition) is 3. The van der Waals surface area contributed by atoms with Crippen LogP contribution in [0.3, 0.4) is 0 Å². The number of carbonyl (C=O) groups is 2. The number of H-pyrrole nitrogens is 1. The fourth-order valence-electron chi connectivity index (χ4n) is 3.95. The second kappa shape index (κ2) is 8.84. The van der Waals surface area contributed by atoms with Crippen molar-refractivity contribution in [1.29, 1.82) is 0 Å². The van der Waals surface area contributed by atoms with Gasteiger partial charge in [-0.3, -0.25) is 9.78 Å². The molecule has 182 valence electrons. The van der Waals surface area contributed by atoms with E-state index in [0.717, 1.165) is 16.7 Å². The first kappa shape index (κ1) is 23.1. The quantitative estimate of drug-likeness (QED) is 0.371. The van der Waals surface area contributed by atoms with Crippen LogP contribution >= 0.6 is 0 Å². The topological polar surface area (TPSA) is 117 Å². The highest BCUT2D eigenvalue weighted by Crippen LogP contribution is 2.37. The molecule has 1 amide bonds. The van der Waals surface area contributed by atoms with Crippen molar-refractivity contribution in [2.75, 3.05) is 0 Å². The summed E-state index contributed by atoms with van der Waals surface area (Å²) in [5.41, 5.74) is 1.48. The largest absolute Gasteiger partial charge is 0.488 e. The number of carboxylic acid groups (broad SMARTS) is 1. The lowest BCUT2D eigenvalue weighted by Gasteiger charge is -2.20. The average Bonchev–Trinajstić information content (AvgIpc) is 3.34. The van der Waals surface area contributed by atoms with E-state index in [0.29, 0.717) is 23.5 Å². The average molecular weight is 494 g/mol. The molecule has 0 fully saturated rings. The summed E-state index contributed by atoms with van der Waals surface area (Å²) in [6.45, 7) is 0.429. The van der Waals surface area contributed by atoms with E-state index in [9.17, 15) is 22.8 Å². The van der Waals surface area contributed by atoms with Gasteiger partial charge in [0.05, 0.1) is 0 Å². The van der Waals surface area contributed by atoms with Crippen LogP contribution in [0.15, 0.2) is 60.9 Å². The van der Waals surface area contributed by atoms with E-state index in [1.807, 2.05) is 6.07 Å². The number of nitrogens with zero attached hydrogens (tertiary/aromatic N) is 2. The summed E-state index contributed by atoms with van der Waals surface area (Å²) in [5, 5.41) is 11.8. The van der Waals surface area contributed by atoms with Gasteiger partial charge in [-0.2, -0.15) is 13.2 Å².